The van der Waals surface area contributed by atoms with Gasteiger partial charge >= 0.3 is 5.97 Å². The molecule has 1 fully saturated rings. The summed E-state index contributed by atoms with van der Waals surface area (Å²) in [6.45, 7) is 2.00. The summed E-state index contributed by atoms with van der Waals surface area (Å²) < 4.78 is 0. The number of thiazole rings is 1. The van der Waals surface area contributed by atoms with Gasteiger partial charge in [-0.1, -0.05) is 0 Å². The number of amides is 1. The molecule has 1 amide bonds. The minimum atomic E-state index is -0.999. The second-order valence-corrected chi connectivity index (χ2v) is 6.75. The summed E-state index contributed by atoms with van der Waals surface area (Å²) in [4.78, 5) is 28.7. The van der Waals surface area contributed by atoms with Gasteiger partial charge in [-0.15, -0.1) is 11.3 Å². The van der Waals surface area contributed by atoms with E-state index in [-0.39, 0.29) is 17.5 Å². The number of carboxylic acids is 1. The third-order valence-electron chi connectivity index (χ3n) is 3.68. The van der Waals surface area contributed by atoms with E-state index in [1.54, 1.807) is 11.3 Å². The molecule has 0 saturated heterocycles. The minimum absolute atomic E-state index is 0.0506. The number of benzene rings is 1. The Morgan fingerprint density at radius 1 is 1.27 bits per heavy atom. The fourth-order valence-corrected chi connectivity index (χ4v) is 3.23. The molecule has 1 atom stereocenters. The molecule has 1 aliphatic rings. The number of carbonyl (C=O) groups is 2. The molecular formula is C16H16N2O3S. The number of carbonyl (C=O) groups excluding carboxylic acids is 1. The first-order valence-electron chi connectivity index (χ1n) is 7.11. The maximum absolute atomic E-state index is 12.4. The van der Waals surface area contributed by atoms with Gasteiger partial charge in [0.1, 0.15) is 5.01 Å². The highest BCUT2D eigenvalue weighted by Crippen LogP contribution is 2.42. The molecule has 5 nitrogen and oxygen atoms in total. The molecule has 1 aromatic carbocycles. The van der Waals surface area contributed by atoms with E-state index < -0.39 is 5.97 Å². The van der Waals surface area contributed by atoms with Crippen molar-refractivity contribution < 1.29 is 14.7 Å². The van der Waals surface area contributed by atoms with Gasteiger partial charge in [-0.05, 0) is 49.9 Å². The van der Waals surface area contributed by atoms with Crippen LogP contribution in [0.1, 0.15) is 49.5 Å². The van der Waals surface area contributed by atoms with Crippen LogP contribution >= 0.6 is 11.3 Å². The quantitative estimate of drug-likeness (QED) is 0.888. The van der Waals surface area contributed by atoms with Crippen LogP contribution in [0.25, 0.3) is 0 Å². The van der Waals surface area contributed by atoms with Crippen molar-refractivity contribution in [2.24, 2.45) is 5.92 Å². The fraction of sp³-hybridized carbons (Fsp3) is 0.312. The van der Waals surface area contributed by atoms with Crippen LogP contribution in [0.15, 0.2) is 30.5 Å². The maximum Gasteiger partial charge on any atom is 0.335 e. The Hall–Kier alpha value is -2.21. The molecule has 0 bridgehead atoms. The van der Waals surface area contributed by atoms with Gasteiger partial charge in [0.05, 0.1) is 11.6 Å². The summed E-state index contributed by atoms with van der Waals surface area (Å²) in [5.74, 6) is -0.740. The van der Waals surface area contributed by atoms with Crippen molar-refractivity contribution in [1.29, 1.82) is 0 Å². The number of carboxylic acid groups (broad SMARTS) is 1. The predicted octanol–water partition coefficient (Wildman–Crippen LogP) is 3.03. The van der Waals surface area contributed by atoms with E-state index in [1.807, 2.05) is 13.1 Å². The number of hydrogen-bond donors (Lipinski definition) is 2. The molecule has 2 aromatic rings. The van der Waals surface area contributed by atoms with E-state index in [1.165, 1.54) is 24.3 Å². The summed E-state index contributed by atoms with van der Waals surface area (Å²) in [5.41, 5.74) is 0.634. The van der Waals surface area contributed by atoms with Crippen LogP contribution in [-0.2, 0) is 0 Å². The first kappa shape index (κ1) is 14.7. The van der Waals surface area contributed by atoms with Gasteiger partial charge < -0.3 is 10.4 Å². The lowest BCUT2D eigenvalue weighted by atomic mass is 10.1. The Balaban J connectivity index is 1.75. The lowest BCUT2D eigenvalue weighted by Gasteiger charge is -2.16. The number of rotatable bonds is 5. The van der Waals surface area contributed by atoms with Crippen LogP contribution in [0.2, 0.25) is 0 Å². The van der Waals surface area contributed by atoms with E-state index in [0.717, 1.165) is 22.7 Å². The monoisotopic (exact) mass is 316 g/mol. The number of hydrogen-bond acceptors (Lipinski definition) is 4. The van der Waals surface area contributed by atoms with Crippen LogP contribution in [-0.4, -0.2) is 22.0 Å². The molecule has 114 valence electrons. The summed E-state index contributed by atoms with van der Waals surface area (Å²) in [6.07, 6.45) is 4.02. The number of nitrogens with one attached hydrogen (secondary N) is 1. The lowest BCUT2D eigenvalue weighted by Crippen LogP contribution is -2.29. The van der Waals surface area contributed by atoms with Crippen LogP contribution in [0, 0.1) is 12.8 Å². The van der Waals surface area contributed by atoms with E-state index in [9.17, 15) is 9.59 Å². The molecule has 0 spiro atoms. The van der Waals surface area contributed by atoms with E-state index in [4.69, 9.17) is 5.11 Å². The van der Waals surface area contributed by atoms with Crippen LogP contribution in [0.5, 0.6) is 0 Å². The van der Waals surface area contributed by atoms with Crippen molar-refractivity contribution >= 4 is 23.2 Å². The molecule has 2 N–H and O–H groups in total. The average Bonchev–Trinajstić information content (AvgIpc) is 3.26. The average molecular weight is 316 g/mol. The topological polar surface area (TPSA) is 79.3 Å². The molecule has 6 heteroatoms. The second kappa shape index (κ2) is 5.88. The minimum Gasteiger partial charge on any atom is -0.478 e. The lowest BCUT2D eigenvalue weighted by molar-refractivity contribution is 0.0696. The molecule has 1 heterocycles. The number of aromatic carboxylic acids is 1. The standard InChI is InChI=1S/C16H16N2O3S/c1-9-8-17-15(22-9)13(10-2-3-10)18-14(19)11-4-6-12(7-5-11)16(20)21/h4-8,10,13H,2-3H2,1H3,(H,18,19)(H,20,21). The zero-order chi connectivity index (χ0) is 15.7. The first-order chi connectivity index (χ1) is 10.5. The molecule has 1 aliphatic carbocycles. The van der Waals surface area contributed by atoms with Gasteiger partial charge in [0.25, 0.3) is 5.91 Å². The Bertz CT molecular complexity index is 704. The highest BCUT2D eigenvalue weighted by Gasteiger charge is 2.35. The van der Waals surface area contributed by atoms with E-state index in [0.29, 0.717) is 11.5 Å². The van der Waals surface area contributed by atoms with Crippen LogP contribution in [0.4, 0.5) is 0 Å². The molecule has 3 rings (SSSR count). The Labute approximate surface area is 132 Å². The SMILES string of the molecule is Cc1cnc(C(NC(=O)c2ccc(C(=O)O)cc2)C2CC2)s1. The van der Waals surface area contributed by atoms with E-state index >= 15 is 0 Å². The molecule has 0 aliphatic heterocycles. The summed E-state index contributed by atoms with van der Waals surface area (Å²) >= 11 is 1.60. The zero-order valence-corrected chi connectivity index (χ0v) is 12.9. The number of aromatic nitrogens is 1. The molecular weight excluding hydrogens is 300 g/mol. The smallest absolute Gasteiger partial charge is 0.335 e. The van der Waals surface area contributed by atoms with Crippen LogP contribution < -0.4 is 5.32 Å². The van der Waals surface area contributed by atoms with Crippen molar-refractivity contribution in [3.8, 4) is 0 Å². The van der Waals surface area contributed by atoms with Gasteiger partial charge in [-0.3, -0.25) is 4.79 Å². The third kappa shape index (κ3) is 3.17. The van der Waals surface area contributed by atoms with Crippen molar-refractivity contribution in [3.05, 3.63) is 51.5 Å². The Kier molecular flexibility index (Phi) is 3.94. The van der Waals surface area contributed by atoms with Crippen LogP contribution in [0.3, 0.4) is 0 Å². The van der Waals surface area contributed by atoms with Crippen molar-refractivity contribution in [2.75, 3.05) is 0 Å². The summed E-state index contributed by atoms with van der Waals surface area (Å²) in [5, 5.41) is 12.9. The largest absolute Gasteiger partial charge is 0.478 e. The Morgan fingerprint density at radius 2 is 1.91 bits per heavy atom. The summed E-state index contributed by atoms with van der Waals surface area (Å²) in [6, 6.07) is 5.91. The third-order valence-corrected chi connectivity index (χ3v) is 4.68. The normalized spacial score (nSPS) is 15.3. The van der Waals surface area contributed by atoms with Gasteiger partial charge in [-0.2, -0.15) is 0 Å². The number of aryl methyl sites for hydroxylation is 1. The zero-order valence-electron chi connectivity index (χ0n) is 12.1. The first-order valence-corrected chi connectivity index (χ1v) is 7.93. The Morgan fingerprint density at radius 3 is 2.41 bits per heavy atom. The molecule has 1 unspecified atom stereocenters. The highest BCUT2D eigenvalue weighted by molar-refractivity contribution is 7.11. The second-order valence-electron chi connectivity index (χ2n) is 5.48. The molecule has 22 heavy (non-hydrogen) atoms. The van der Waals surface area contributed by atoms with Gasteiger partial charge in [-0.25, -0.2) is 9.78 Å². The molecule has 0 radical (unpaired) electrons. The molecule has 1 saturated carbocycles. The maximum atomic E-state index is 12.4. The predicted molar refractivity (Wildman–Crippen MR) is 83.2 cm³/mol. The highest BCUT2D eigenvalue weighted by atomic mass is 32.1. The van der Waals surface area contributed by atoms with Crippen molar-refractivity contribution in [3.63, 3.8) is 0 Å². The summed E-state index contributed by atoms with van der Waals surface area (Å²) in [7, 11) is 0. The fourth-order valence-electron chi connectivity index (χ4n) is 2.32. The van der Waals surface area contributed by atoms with Gasteiger partial charge in [0, 0.05) is 16.6 Å². The van der Waals surface area contributed by atoms with E-state index in [2.05, 4.69) is 10.3 Å². The van der Waals surface area contributed by atoms with Crippen molar-refractivity contribution in [2.45, 2.75) is 25.8 Å². The molecule has 1 aromatic heterocycles. The van der Waals surface area contributed by atoms with Gasteiger partial charge in [0.2, 0.25) is 0 Å². The van der Waals surface area contributed by atoms with Gasteiger partial charge in [0.15, 0.2) is 0 Å². The van der Waals surface area contributed by atoms with Crippen molar-refractivity contribution in [1.82, 2.24) is 10.3 Å². The number of nitrogens with zero attached hydrogens (tertiary/aromatic N) is 1.